The predicted octanol–water partition coefficient (Wildman–Crippen LogP) is 3.96. The van der Waals surface area contributed by atoms with Crippen LogP contribution in [0.15, 0.2) is 54.6 Å². The standard InChI is InChI=1S/C23H27N3O2/c1-16(2)17-8-10-19(11-9-17)28-15-22(27)26-13-12-21-20(14-26)23(25-24-21)18-6-4-3-5-7-18/h3-11,16,22,27H,12-15H2,1-2H3,(H,24,25)/t22-/m1/s1. The molecule has 0 bridgehead atoms. The second-order valence-electron chi connectivity index (χ2n) is 7.63. The van der Waals surface area contributed by atoms with Gasteiger partial charge in [-0.2, -0.15) is 5.10 Å². The smallest absolute Gasteiger partial charge is 0.142 e. The van der Waals surface area contributed by atoms with Crippen molar-refractivity contribution >= 4 is 0 Å². The molecule has 28 heavy (non-hydrogen) atoms. The molecule has 0 saturated heterocycles. The van der Waals surface area contributed by atoms with Crippen LogP contribution in [0.25, 0.3) is 11.3 Å². The molecule has 0 fully saturated rings. The lowest BCUT2D eigenvalue weighted by atomic mass is 10.0. The molecule has 1 aromatic heterocycles. The van der Waals surface area contributed by atoms with Gasteiger partial charge < -0.3 is 9.84 Å². The summed E-state index contributed by atoms with van der Waals surface area (Å²) < 4.78 is 5.82. The van der Waals surface area contributed by atoms with Crippen molar-refractivity contribution in [1.29, 1.82) is 0 Å². The van der Waals surface area contributed by atoms with Crippen molar-refractivity contribution in [3.8, 4) is 17.0 Å². The molecule has 2 heterocycles. The van der Waals surface area contributed by atoms with E-state index in [0.717, 1.165) is 41.2 Å². The van der Waals surface area contributed by atoms with Crippen LogP contribution in [-0.2, 0) is 13.0 Å². The third kappa shape index (κ3) is 3.96. The van der Waals surface area contributed by atoms with E-state index < -0.39 is 6.23 Å². The Morgan fingerprint density at radius 1 is 1.11 bits per heavy atom. The molecule has 3 aromatic rings. The molecule has 1 aliphatic heterocycles. The zero-order valence-electron chi connectivity index (χ0n) is 16.4. The highest BCUT2D eigenvalue weighted by molar-refractivity contribution is 5.64. The summed E-state index contributed by atoms with van der Waals surface area (Å²) in [6, 6.07) is 18.3. The number of aromatic nitrogens is 2. The second-order valence-corrected chi connectivity index (χ2v) is 7.63. The van der Waals surface area contributed by atoms with Crippen LogP contribution in [0, 0.1) is 0 Å². The first-order valence-corrected chi connectivity index (χ1v) is 9.88. The van der Waals surface area contributed by atoms with E-state index in [1.807, 2.05) is 35.2 Å². The molecular weight excluding hydrogens is 350 g/mol. The molecule has 0 amide bonds. The van der Waals surface area contributed by atoms with Crippen LogP contribution in [-0.4, -0.2) is 39.6 Å². The first-order valence-electron chi connectivity index (χ1n) is 9.88. The number of ether oxygens (including phenoxy) is 1. The van der Waals surface area contributed by atoms with Crippen molar-refractivity contribution in [3.63, 3.8) is 0 Å². The molecule has 0 saturated carbocycles. The van der Waals surface area contributed by atoms with Gasteiger partial charge in [0.15, 0.2) is 0 Å². The van der Waals surface area contributed by atoms with Crippen LogP contribution >= 0.6 is 0 Å². The molecule has 0 spiro atoms. The van der Waals surface area contributed by atoms with Gasteiger partial charge in [0.25, 0.3) is 0 Å². The third-order valence-electron chi connectivity index (χ3n) is 5.38. The zero-order valence-corrected chi connectivity index (χ0v) is 16.4. The van der Waals surface area contributed by atoms with Crippen molar-refractivity contribution in [2.75, 3.05) is 13.2 Å². The van der Waals surface area contributed by atoms with Crippen LogP contribution in [0.1, 0.15) is 36.6 Å². The summed E-state index contributed by atoms with van der Waals surface area (Å²) in [7, 11) is 0. The van der Waals surface area contributed by atoms with E-state index in [4.69, 9.17) is 4.74 Å². The fraction of sp³-hybridized carbons (Fsp3) is 0.348. The van der Waals surface area contributed by atoms with Crippen LogP contribution in [0.2, 0.25) is 0 Å². The molecule has 146 valence electrons. The Morgan fingerprint density at radius 3 is 2.57 bits per heavy atom. The number of nitrogens with one attached hydrogen (secondary N) is 1. The van der Waals surface area contributed by atoms with Gasteiger partial charge in [0.1, 0.15) is 18.6 Å². The first-order chi connectivity index (χ1) is 13.6. The van der Waals surface area contributed by atoms with E-state index in [1.54, 1.807) is 0 Å². The third-order valence-corrected chi connectivity index (χ3v) is 5.38. The number of hydrogen-bond acceptors (Lipinski definition) is 4. The first kappa shape index (κ1) is 18.7. The number of rotatable bonds is 6. The number of hydrogen-bond donors (Lipinski definition) is 2. The Kier molecular flexibility index (Phi) is 5.46. The Hall–Kier alpha value is -2.63. The van der Waals surface area contributed by atoms with E-state index in [-0.39, 0.29) is 6.61 Å². The minimum atomic E-state index is -0.656. The summed E-state index contributed by atoms with van der Waals surface area (Å²) >= 11 is 0. The SMILES string of the molecule is CC(C)c1ccc(OC[C@@H](O)N2CCc3[nH]nc(-c4ccccc4)c3C2)cc1. The van der Waals surface area contributed by atoms with E-state index in [0.29, 0.717) is 12.5 Å². The maximum absolute atomic E-state index is 10.7. The largest absolute Gasteiger partial charge is 0.489 e. The van der Waals surface area contributed by atoms with Crippen molar-refractivity contribution in [2.24, 2.45) is 0 Å². The number of aliphatic hydroxyl groups excluding tert-OH is 1. The topological polar surface area (TPSA) is 61.4 Å². The van der Waals surface area contributed by atoms with E-state index in [1.165, 1.54) is 5.56 Å². The fourth-order valence-electron chi connectivity index (χ4n) is 3.63. The van der Waals surface area contributed by atoms with Crippen molar-refractivity contribution in [2.45, 2.75) is 39.0 Å². The summed E-state index contributed by atoms with van der Waals surface area (Å²) in [5.74, 6) is 1.28. The lowest BCUT2D eigenvalue weighted by Gasteiger charge is -2.31. The molecule has 5 heteroatoms. The van der Waals surface area contributed by atoms with Crippen molar-refractivity contribution in [3.05, 3.63) is 71.4 Å². The highest BCUT2D eigenvalue weighted by Gasteiger charge is 2.26. The minimum Gasteiger partial charge on any atom is -0.489 e. The Morgan fingerprint density at radius 2 is 1.86 bits per heavy atom. The van der Waals surface area contributed by atoms with Gasteiger partial charge in [0.05, 0.1) is 5.69 Å². The molecule has 4 rings (SSSR count). The predicted molar refractivity (Wildman–Crippen MR) is 110 cm³/mol. The Labute approximate surface area is 166 Å². The van der Waals surface area contributed by atoms with Crippen molar-refractivity contribution in [1.82, 2.24) is 15.1 Å². The number of aromatic amines is 1. The summed E-state index contributed by atoms with van der Waals surface area (Å²) in [5.41, 5.74) is 5.67. The second kappa shape index (κ2) is 8.17. The summed E-state index contributed by atoms with van der Waals surface area (Å²) in [4.78, 5) is 2.05. The molecule has 2 aromatic carbocycles. The van der Waals surface area contributed by atoms with Gasteiger partial charge in [-0.15, -0.1) is 0 Å². The fourth-order valence-corrected chi connectivity index (χ4v) is 3.63. The monoisotopic (exact) mass is 377 g/mol. The molecule has 0 unspecified atom stereocenters. The lowest BCUT2D eigenvalue weighted by molar-refractivity contribution is -0.0354. The maximum Gasteiger partial charge on any atom is 0.142 e. The average molecular weight is 377 g/mol. The lowest BCUT2D eigenvalue weighted by Crippen LogP contribution is -2.42. The average Bonchev–Trinajstić information content (AvgIpc) is 3.16. The molecule has 1 aliphatic rings. The summed E-state index contributed by atoms with van der Waals surface area (Å²) in [6.07, 6.45) is 0.187. The minimum absolute atomic E-state index is 0.245. The van der Waals surface area contributed by atoms with Gasteiger partial charge in [-0.25, -0.2) is 0 Å². The van der Waals surface area contributed by atoms with Gasteiger partial charge in [-0.05, 0) is 23.6 Å². The molecular formula is C23H27N3O2. The quantitative estimate of drug-likeness (QED) is 0.683. The van der Waals surface area contributed by atoms with Gasteiger partial charge in [0.2, 0.25) is 0 Å². The maximum atomic E-state index is 10.7. The highest BCUT2D eigenvalue weighted by atomic mass is 16.5. The number of H-pyrrole nitrogens is 1. The van der Waals surface area contributed by atoms with Gasteiger partial charge >= 0.3 is 0 Å². The zero-order chi connectivity index (χ0) is 19.5. The van der Waals surface area contributed by atoms with Crippen LogP contribution < -0.4 is 4.74 Å². The summed E-state index contributed by atoms with van der Waals surface area (Å²) in [5, 5.41) is 18.4. The van der Waals surface area contributed by atoms with E-state index in [9.17, 15) is 5.11 Å². The van der Waals surface area contributed by atoms with Gasteiger partial charge in [-0.1, -0.05) is 56.3 Å². The van der Waals surface area contributed by atoms with Crippen LogP contribution in [0.3, 0.4) is 0 Å². The molecule has 2 N–H and O–H groups in total. The number of nitrogens with zero attached hydrogens (tertiary/aromatic N) is 2. The molecule has 5 nitrogen and oxygen atoms in total. The van der Waals surface area contributed by atoms with Gasteiger partial charge in [-0.3, -0.25) is 10.00 Å². The number of aliphatic hydroxyl groups is 1. The van der Waals surface area contributed by atoms with Gasteiger partial charge in [0, 0.05) is 36.3 Å². The van der Waals surface area contributed by atoms with Crippen LogP contribution in [0.4, 0.5) is 0 Å². The number of benzene rings is 2. The summed E-state index contributed by atoms with van der Waals surface area (Å²) in [6.45, 7) is 6.02. The van der Waals surface area contributed by atoms with E-state index >= 15 is 0 Å². The highest BCUT2D eigenvalue weighted by Crippen LogP contribution is 2.29. The molecule has 1 atom stereocenters. The van der Waals surface area contributed by atoms with Crippen LogP contribution in [0.5, 0.6) is 5.75 Å². The Bertz CT molecular complexity index is 903. The Balaban J connectivity index is 1.40. The van der Waals surface area contributed by atoms with Crippen molar-refractivity contribution < 1.29 is 9.84 Å². The molecule has 0 aliphatic carbocycles. The van der Waals surface area contributed by atoms with E-state index in [2.05, 4.69) is 48.3 Å². The normalized spacial score (nSPS) is 15.4. The molecule has 0 radical (unpaired) electrons. The number of fused-ring (bicyclic) bond motifs is 1.